The number of hydrogen-bond donors (Lipinski definition) is 1. The Kier molecular flexibility index (Phi) is 4.69. The standard InChI is InChI=1S/C22H20N2O4/c1-13-9-14(11-15-5-4-8-27-15)21-17(10-13)20(22(26)28-12-19(23)25)16-6-2-3-7-18(16)24-21/h2-8,11,13H,9-10,12H2,1H3,(H2,23,25)/b14-11+/t13-/m1/s1. The summed E-state index contributed by atoms with van der Waals surface area (Å²) in [6.45, 7) is 1.68. The third-order valence-electron chi connectivity index (χ3n) is 4.83. The lowest BCUT2D eigenvalue weighted by atomic mass is 9.81. The van der Waals surface area contributed by atoms with Gasteiger partial charge in [0.1, 0.15) is 5.76 Å². The molecule has 0 aliphatic heterocycles. The van der Waals surface area contributed by atoms with E-state index in [1.165, 1.54) is 0 Å². The summed E-state index contributed by atoms with van der Waals surface area (Å²) in [6, 6.07) is 11.2. The molecule has 28 heavy (non-hydrogen) atoms. The number of aromatic nitrogens is 1. The van der Waals surface area contributed by atoms with Gasteiger partial charge in [-0.1, -0.05) is 25.1 Å². The van der Waals surface area contributed by atoms with Crippen molar-refractivity contribution in [3.63, 3.8) is 0 Å². The van der Waals surface area contributed by atoms with Gasteiger partial charge in [-0.05, 0) is 54.2 Å². The Hall–Kier alpha value is -3.41. The molecule has 0 radical (unpaired) electrons. The Morgan fingerprint density at radius 2 is 2.07 bits per heavy atom. The molecule has 0 fully saturated rings. The summed E-state index contributed by atoms with van der Waals surface area (Å²) in [6.07, 6.45) is 5.12. The highest BCUT2D eigenvalue weighted by Gasteiger charge is 2.29. The quantitative estimate of drug-likeness (QED) is 0.702. The van der Waals surface area contributed by atoms with Crippen LogP contribution < -0.4 is 5.73 Å². The molecule has 2 aromatic heterocycles. The van der Waals surface area contributed by atoms with Gasteiger partial charge in [-0.15, -0.1) is 0 Å². The lowest BCUT2D eigenvalue weighted by Crippen LogP contribution is -2.23. The van der Waals surface area contributed by atoms with Gasteiger partial charge in [0.2, 0.25) is 0 Å². The van der Waals surface area contributed by atoms with Gasteiger partial charge in [0.25, 0.3) is 5.91 Å². The largest absolute Gasteiger partial charge is 0.465 e. The smallest absolute Gasteiger partial charge is 0.339 e. The van der Waals surface area contributed by atoms with Crippen molar-refractivity contribution in [1.82, 2.24) is 4.98 Å². The third kappa shape index (κ3) is 3.41. The first-order valence-electron chi connectivity index (χ1n) is 9.14. The number of hydrogen-bond acceptors (Lipinski definition) is 5. The maximum Gasteiger partial charge on any atom is 0.339 e. The van der Waals surface area contributed by atoms with E-state index in [4.69, 9.17) is 19.9 Å². The van der Waals surface area contributed by atoms with E-state index in [-0.39, 0.29) is 0 Å². The van der Waals surface area contributed by atoms with E-state index >= 15 is 0 Å². The van der Waals surface area contributed by atoms with Crippen molar-refractivity contribution in [3.8, 4) is 0 Å². The predicted octanol–water partition coefficient (Wildman–Crippen LogP) is 3.59. The fraction of sp³-hybridized carbons (Fsp3) is 0.227. The number of ether oxygens (including phenoxy) is 1. The molecule has 2 heterocycles. The number of esters is 1. The van der Waals surface area contributed by atoms with Gasteiger partial charge in [0, 0.05) is 5.39 Å². The fourth-order valence-electron chi connectivity index (χ4n) is 3.72. The molecule has 0 unspecified atom stereocenters. The maximum absolute atomic E-state index is 12.9. The topological polar surface area (TPSA) is 95.4 Å². The first-order chi connectivity index (χ1) is 13.5. The number of primary amides is 1. The summed E-state index contributed by atoms with van der Waals surface area (Å²) < 4.78 is 10.6. The third-order valence-corrected chi connectivity index (χ3v) is 4.83. The average molecular weight is 376 g/mol. The maximum atomic E-state index is 12.9. The molecule has 6 heteroatoms. The molecule has 1 aromatic carbocycles. The number of amides is 1. The number of carbonyl (C=O) groups excluding carboxylic acids is 2. The summed E-state index contributed by atoms with van der Waals surface area (Å²) in [5.74, 6) is -0.185. The van der Waals surface area contributed by atoms with E-state index in [0.29, 0.717) is 28.8 Å². The van der Waals surface area contributed by atoms with Crippen LogP contribution in [0.25, 0.3) is 22.6 Å². The Bertz CT molecular complexity index is 1080. The number of pyridine rings is 1. The Labute approximate surface area is 162 Å². The molecule has 0 bridgehead atoms. The monoisotopic (exact) mass is 376 g/mol. The molecule has 0 saturated carbocycles. The molecule has 1 atom stereocenters. The van der Waals surface area contributed by atoms with Gasteiger partial charge < -0.3 is 14.9 Å². The highest BCUT2D eigenvalue weighted by Crippen LogP contribution is 2.38. The summed E-state index contributed by atoms with van der Waals surface area (Å²) in [5, 5.41) is 0.710. The van der Waals surface area contributed by atoms with Crippen LogP contribution in [0, 0.1) is 5.92 Å². The number of nitrogens with zero attached hydrogens (tertiary/aromatic N) is 1. The first-order valence-corrected chi connectivity index (χ1v) is 9.14. The number of furan rings is 1. The molecule has 1 aliphatic carbocycles. The van der Waals surface area contributed by atoms with E-state index < -0.39 is 18.5 Å². The van der Waals surface area contributed by atoms with Crippen LogP contribution in [0.15, 0.2) is 47.1 Å². The minimum absolute atomic E-state index is 0.319. The number of para-hydroxylation sites is 1. The van der Waals surface area contributed by atoms with Crippen LogP contribution >= 0.6 is 0 Å². The fourth-order valence-corrected chi connectivity index (χ4v) is 3.72. The van der Waals surface area contributed by atoms with E-state index in [9.17, 15) is 9.59 Å². The second-order valence-corrected chi connectivity index (χ2v) is 7.07. The predicted molar refractivity (Wildman–Crippen MR) is 105 cm³/mol. The van der Waals surface area contributed by atoms with E-state index in [2.05, 4.69) is 6.92 Å². The molecule has 4 rings (SSSR count). The van der Waals surface area contributed by atoms with Gasteiger partial charge in [0.05, 0.1) is 23.0 Å². The zero-order valence-electron chi connectivity index (χ0n) is 15.5. The van der Waals surface area contributed by atoms with Crippen molar-refractivity contribution in [3.05, 3.63) is 65.2 Å². The first kappa shape index (κ1) is 18.0. The molecule has 3 aromatic rings. The van der Waals surface area contributed by atoms with E-state index in [0.717, 1.165) is 29.0 Å². The van der Waals surface area contributed by atoms with Crippen molar-refractivity contribution in [2.45, 2.75) is 19.8 Å². The number of rotatable bonds is 4. The lowest BCUT2D eigenvalue weighted by Gasteiger charge is -2.26. The van der Waals surface area contributed by atoms with E-state index in [1.54, 1.807) is 6.26 Å². The van der Waals surface area contributed by atoms with Crippen molar-refractivity contribution in [1.29, 1.82) is 0 Å². The Morgan fingerprint density at radius 3 is 2.82 bits per heavy atom. The summed E-state index contributed by atoms with van der Waals surface area (Å²) in [5.41, 5.74) is 8.93. The number of benzene rings is 1. The molecule has 6 nitrogen and oxygen atoms in total. The van der Waals surface area contributed by atoms with Gasteiger partial charge in [-0.25, -0.2) is 9.78 Å². The average Bonchev–Trinajstić information content (AvgIpc) is 3.17. The molecule has 1 aliphatic rings. The number of fused-ring (bicyclic) bond motifs is 2. The van der Waals surface area contributed by atoms with Gasteiger partial charge in [-0.3, -0.25) is 4.79 Å². The van der Waals surface area contributed by atoms with Gasteiger partial charge in [-0.2, -0.15) is 0 Å². The van der Waals surface area contributed by atoms with Crippen LogP contribution in [0.5, 0.6) is 0 Å². The van der Waals surface area contributed by atoms with Crippen molar-refractivity contribution >= 4 is 34.4 Å². The van der Waals surface area contributed by atoms with Crippen LogP contribution in [0.3, 0.4) is 0 Å². The minimum Gasteiger partial charge on any atom is -0.465 e. The van der Waals surface area contributed by atoms with Crippen LogP contribution in [-0.4, -0.2) is 23.5 Å². The summed E-state index contributed by atoms with van der Waals surface area (Å²) >= 11 is 0. The summed E-state index contributed by atoms with van der Waals surface area (Å²) in [7, 11) is 0. The van der Waals surface area contributed by atoms with Gasteiger partial charge >= 0.3 is 5.97 Å². The normalized spacial score (nSPS) is 17.5. The van der Waals surface area contributed by atoms with E-state index in [1.807, 2.05) is 42.5 Å². The zero-order valence-corrected chi connectivity index (χ0v) is 15.5. The minimum atomic E-state index is -0.688. The lowest BCUT2D eigenvalue weighted by molar-refractivity contribution is -0.121. The molecular formula is C22H20N2O4. The van der Waals surface area contributed by atoms with Gasteiger partial charge in [0.15, 0.2) is 6.61 Å². The number of allylic oxidation sites excluding steroid dienone is 1. The molecule has 1 amide bonds. The molecular weight excluding hydrogens is 356 g/mol. The highest BCUT2D eigenvalue weighted by atomic mass is 16.5. The second-order valence-electron chi connectivity index (χ2n) is 7.07. The van der Waals surface area contributed by atoms with Crippen molar-refractivity contribution in [2.75, 3.05) is 6.61 Å². The SMILES string of the molecule is C[C@@H]1C/C(=C\c2ccco2)c2nc3ccccc3c(C(=O)OCC(N)=O)c2C1. The number of carbonyl (C=O) groups is 2. The molecule has 2 N–H and O–H groups in total. The molecule has 0 saturated heterocycles. The Morgan fingerprint density at radius 1 is 1.25 bits per heavy atom. The van der Waals surface area contributed by atoms with Crippen molar-refractivity contribution in [2.24, 2.45) is 11.7 Å². The molecule has 142 valence electrons. The highest BCUT2D eigenvalue weighted by molar-refractivity contribution is 6.07. The van der Waals surface area contributed by atoms with Crippen molar-refractivity contribution < 1.29 is 18.7 Å². The number of nitrogens with two attached hydrogens (primary N) is 1. The second kappa shape index (κ2) is 7.31. The van der Waals surface area contributed by atoms with Crippen LogP contribution in [0.1, 0.15) is 40.7 Å². The van der Waals surface area contributed by atoms with Crippen LogP contribution in [-0.2, 0) is 16.0 Å². The summed E-state index contributed by atoms with van der Waals surface area (Å²) in [4.78, 5) is 28.8. The Balaban J connectivity index is 1.92. The van der Waals surface area contributed by atoms with Crippen LogP contribution in [0.2, 0.25) is 0 Å². The zero-order chi connectivity index (χ0) is 19.7. The molecule has 0 spiro atoms. The van der Waals surface area contributed by atoms with Crippen LogP contribution in [0.4, 0.5) is 0 Å².